The second-order valence-corrected chi connectivity index (χ2v) is 7.06. The average Bonchev–Trinajstić information content (AvgIpc) is 3.16. The van der Waals surface area contributed by atoms with E-state index in [2.05, 4.69) is 9.55 Å². The molecule has 2 aromatic carbocycles. The van der Waals surface area contributed by atoms with Crippen molar-refractivity contribution in [2.75, 3.05) is 11.9 Å². The van der Waals surface area contributed by atoms with Crippen LogP contribution in [0.3, 0.4) is 0 Å². The van der Waals surface area contributed by atoms with Gasteiger partial charge in [-0.25, -0.2) is 9.97 Å². The monoisotopic (exact) mass is 382 g/mol. The van der Waals surface area contributed by atoms with Crippen molar-refractivity contribution in [3.63, 3.8) is 0 Å². The quantitative estimate of drug-likeness (QED) is 0.538. The van der Waals surface area contributed by atoms with Crippen LogP contribution in [0.15, 0.2) is 66.9 Å². The molecule has 2 aromatic heterocycles. The van der Waals surface area contributed by atoms with Crippen LogP contribution >= 0.6 is 0 Å². The molecule has 0 saturated heterocycles. The molecule has 0 atom stereocenters. The Balaban J connectivity index is 1.50. The zero-order chi connectivity index (χ0) is 20.0. The van der Waals surface area contributed by atoms with Crippen LogP contribution in [-0.4, -0.2) is 33.3 Å². The van der Waals surface area contributed by atoms with E-state index in [-0.39, 0.29) is 11.7 Å². The number of pyridine rings is 1. The average molecular weight is 382 g/mol. The van der Waals surface area contributed by atoms with Crippen molar-refractivity contribution < 1.29 is 9.59 Å². The Morgan fingerprint density at radius 1 is 1.03 bits per heavy atom. The van der Waals surface area contributed by atoms with Crippen LogP contribution in [0.5, 0.6) is 0 Å². The molecular formula is C23H18N4O2. The lowest BCUT2D eigenvalue weighted by Gasteiger charge is -2.17. The maximum Gasteiger partial charge on any atom is 0.259 e. The van der Waals surface area contributed by atoms with E-state index >= 15 is 0 Å². The predicted molar refractivity (Wildman–Crippen MR) is 111 cm³/mol. The molecule has 0 aliphatic carbocycles. The zero-order valence-corrected chi connectivity index (χ0v) is 15.9. The fourth-order valence-electron chi connectivity index (χ4n) is 3.81. The van der Waals surface area contributed by atoms with Gasteiger partial charge < -0.3 is 4.57 Å². The van der Waals surface area contributed by atoms with Crippen molar-refractivity contribution in [2.24, 2.45) is 0 Å². The summed E-state index contributed by atoms with van der Waals surface area (Å²) >= 11 is 0. The molecule has 0 saturated carbocycles. The predicted octanol–water partition coefficient (Wildman–Crippen LogP) is 3.96. The highest BCUT2D eigenvalue weighted by molar-refractivity contribution is 6.08. The van der Waals surface area contributed by atoms with Crippen LogP contribution in [0.4, 0.5) is 5.82 Å². The molecule has 0 N–H and O–H groups in total. The molecule has 5 rings (SSSR count). The third-order valence-electron chi connectivity index (χ3n) is 5.32. The smallest absolute Gasteiger partial charge is 0.259 e. The first kappa shape index (κ1) is 17.3. The number of aryl methyl sites for hydroxylation is 1. The van der Waals surface area contributed by atoms with E-state index in [0.717, 1.165) is 28.0 Å². The third-order valence-corrected chi connectivity index (χ3v) is 5.32. The van der Waals surface area contributed by atoms with E-state index in [1.807, 2.05) is 42.5 Å². The number of Topliss-reactive ketones (excluding diaryl/α,β-unsaturated/α-hetero) is 1. The number of hydrogen-bond donors (Lipinski definition) is 0. The highest BCUT2D eigenvalue weighted by Gasteiger charge is 2.23. The third kappa shape index (κ3) is 2.81. The lowest BCUT2D eigenvalue weighted by atomic mass is 10.0. The van der Waals surface area contributed by atoms with Gasteiger partial charge in [0.05, 0.1) is 11.0 Å². The van der Waals surface area contributed by atoms with E-state index in [1.165, 1.54) is 4.90 Å². The van der Waals surface area contributed by atoms with Crippen molar-refractivity contribution in [3.8, 4) is 11.4 Å². The fraction of sp³-hybridized carbons (Fsp3) is 0.130. The lowest BCUT2D eigenvalue weighted by Crippen LogP contribution is -2.26. The summed E-state index contributed by atoms with van der Waals surface area (Å²) < 4.78 is 2.10. The Kier molecular flexibility index (Phi) is 3.98. The Morgan fingerprint density at radius 3 is 2.62 bits per heavy atom. The van der Waals surface area contributed by atoms with Gasteiger partial charge in [-0.3, -0.25) is 14.5 Å². The van der Waals surface area contributed by atoms with Crippen LogP contribution in [0.25, 0.3) is 22.4 Å². The van der Waals surface area contributed by atoms with Gasteiger partial charge in [-0.15, -0.1) is 0 Å². The topological polar surface area (TPSA) is 68.1 Å². The number of aromatic nitrogens is 3. The molecular weight excluding hydrogens is 364 g/mol. The van der Waals surface area contributed by atoms with Gasteiger partial charge in [0.25, 0.3) is 5.91 Å². The molecule has 0 unspecified atom stereocenters. The van der Waals surface area contributed by atoms with Gasteiger partial charge in [-0.1, -0.05) is 24.3 Å². The number of nitrogens with zero attached hydrogens (tertiary/aromatic N) is 4. The number of rotatable bonds is 3. The molecule has 29 heavy (non-hydrogen) atoms. The van der Waals surface area contributed by atoms with Gasteiger partial charge in [-0.05, 0) is 36.4 Å². The number of hydrogen-bond acceptors (Lipinski definition) is 4. The minimum absolute atomic E-state index is 0.127. The van der Waals surface area contributed by atoms with Crippen molar-refractivity contribution in [1.82, 2.24) is 14.5 Å². The second kappa shape index (κ2) is 6.67. The zero-order valence-electron chi connectivity index (χ0n) is 15.9. The number of ketones is 1. The molecule has 0 radical (unpaired) electrons. The summed E-state index contributed by atoms with van der Waals surface area (Å²) in [7, 11) is 1.71. The number of imidazole rings is 1. The van der Waals surface area contributed by atoms with Crippen LogP contribution < -0.4 is 4.90 Å². The largest absolute Gasteiger partial charge is 0.323 e. The van der Waals surface area contributed by atoms with Crippen LogP contribution in [0.1, 0.15) is 27.1 Å². The van der Waals surface area contributed by atoms with Crippen LogP contribution in [-0.2, 0) is 6.54 Å². The summed E-state index contributed by atoms with van der Waals surface area (Å²) in [4.78, 5) is 35.5. The highest BCUT2D eigenvalue weighted by atomic mass is 16.2. The highest BCUT2D eigenvalue weighted by Crippen LogP contribution is 2.31. The summed E-state index contributed by atoms with van der Waals surface area (Å²) in [6.45, 7) is 0.616. The number of carbonyl (C=O) groups excluding carboxylic acids is 2. The van der Waals surface area contributed by atoms with E-state index in [9.17, 15) is 9.59 Å². The van der Waals surface area contributed by atoms with E-state index < -0.39 is 0 Å². The molecule has 0 fully saturated rings. The summed E-state index contributed by atoms with van der Waals surface area (Å²) in [5.41, 5.74) is 3.94. The minimum Gasteiger partial charge on any atom is -0.323 e. The van der Waals surface area contributed by atoms with Gasteiger partial charge in [0.15, 0.2) is 5.78 Å². The Morgan fingerprint density at radius 2 is 1.86 bits per heavy atom. The Hall–Kier alpha value is -3.80. The number of carbonyl (C=O) groups is 2. The van der Waals surface area contributed by atoms with Crippen LogP contribution in [0.2, 0.25) is 0 Å². The Bertz CT molecular complexity index is 1240. The summed E-state index contributed by atoms with van der Waals surface area (Å²) in [5, 5.41) is 0. The van der Waals surface area contributed by atoms with Crippen molar-refractivity contribution in [1.29, 1.82) is 0 Å². The molecule has 0 bridgehead atoms. The molecule has 3 heterocycles. The van der Waals surface area contributed by atoms with Crippen molar-refractivity contribution in [2.45, 2.75) is 13.0 Å². The van der Waals surface area contributed by atoms with Gasteiger partial charge >= 0.3 is 0 Å². The maximum atomic E-state index is 12.8. The number of amides is 1. The molecule has 142 valence electrons. The molecule has 1 aliphatic heterocycles. The summed E-state index contributed by atoms with van der Waals surface area (Å²) in [6.07, 6.45) is 2.14. The van der Waals surface area contributed by atoms with Gasteiger partial charge in [0, 0.05) is 42.9 Å². The second-order valence-electron chi connectivity index (χ2n) is 7.06. The number of para-hydroxylation sites is 1. The molecule has 1 aliphatic rings. The SMILES string of the molecule is CN(C(=O)c1ccc(-c2nc3cccc4c3n2CCC4=O)cc1)c1ccccn1. The normalized spacial score (nSPS) is 12.9. The van der Waals surface area contributed by atoms with E-state index in [0.29, 0.717) is 24.3 Å². The van der Waals surface area contributed by atoms with Crippen molar-refractivity contribution >= 4 is 28.5 Å². The summed E-state index contributed by atoms with van der Waals surface area (Å²) in [6, 6.07) is 18.5. The first-order chi connectivity index (χ1) is 14.1. The van der Waals surface area contributed by atoms with Crippen molar-refractivity contribution in [3.05, 3.63) is 78.0 Å². The molecule has 6 heteroatoms. The van der Waals surface area contributed by atoms with Crippen LogP contribution in [0, 0.1) is 0 Å². The molecule has 1 amide bonds. The van der Waals surface area contributed by atoms with Gasteiger partial charge in [0.2, 0.25) is 0 Å². The number of benzene rings is 2. The standard InChI is InChI=1S/C23H18N4O2/c1-26(20-7-2-3-13-24-20)23(29)16-10-8-15(9-11-16)22-25-18-6-4-5-17-19(28)12-14-27(22)21(17)18/h2-11,13H,12,14H2,1H3. The Labute approximate surface area is 167 Å². The molecule has 0 spiro atoms. The lowest BCUT2D eigenvalue weighted by molar-refractivity contribution is 0.0970. The fourth-order valence-corrected chi connectivity index (χ4v) is 3.81. The minimum atomic E-state index is -0.127. The maximum absolute atomic E-state index is 12.8. The van der Waals surface area contributed by atoms with E-state index in [4.69, 9.17) is 4.98 Å². The van der Waals surface area contributed by atoms with E-state index in [1.54, 1.807) is 31.4 Å². The first-order valence-electron chi connectivity index (χ1n) is 9.45. The van der Waals surface area contributed by atoms with Gasteiger partial charge in [-0.2, -0.15) is 0 Å². The van der Waals surface area contributed by atoms with Gasteiger partial charge in [0.1, 0.15) is 11.6 Å². The molecule has 6 nitrogen and oxygen atoms in total. The summed E-state index contributed by atoms with van der Waals surface area (Å²) in [5.74, 6) is 1.45. The first-order valence-corrected chi connectivity index (χ1v) is 9.45. The molecule has 4 aromatic rings. The number of anilines is 1.